The minimum absolute atomic E-state index is 0. The summed E-state index contributed by atoms with van der Waals surface area (Å²) < 4.78 is 14.0. The molecule has 90 valence electrons. The van der Waals surface area contributed by atoms with Crippen LogP contribution in [-0.2, 0) is 23.5 Å². The molecule has 0 saturated carbocycles. The third kappa shape index (κ3) is 11.7. The molecule has 9 nitrogen and oxygen atoms in total. The second kappa shape index (κ2) is 13.1. The van der Waals surface area contributed by atoms with Crippen molar-refractivity contribution in [2.75, 3.05) is 0 Å². The van der Waals surface area contributed by atoms with E-state index in [1.165, 1.54) is 0 Å². The van der Waals surface area contributed by atoms with E-state index in [1.807, 2.05) is 0 Å². The summed E-state index contributed by atoms with van der Waals surface area (Å²) in [6.07, 6.45) is -2.99. The maximum absolute atomic E-state index is 10.5. The van der Waals surface area contributed by atoms with E-state index in [0.29, 0.717) is 0 Å². The third-order valence-corrected chi connectivity index (χ3v) is 1.98. The van der Waals surface area contributed by atoms with Crippen LogP contribution in [0.1, 0.15) is 12.8 Å². The number of carboxylic acids is 3. The van der Waals surface area contributed by atoms with E-state index in [4.69, 9.17) is 0 Å². The molecule has 0 rings (SSSR count). The summed E-state index contributed by atoms with van der Waals surface area (Å²) in [4.78, 5) is 41.1. The van der Waals surface area contributed by atoms with Crippen LogP contribution in [0.15, 0.2) is 0 Å². The van der Waals surface area contributed by atoms with Gasteiger partial charge in [0.25, 0.3) is 0 Å². The molecule has 0 amide bonds. The van der Waals surface area contributed by atoms with Crippen molar-refractivity contribution in [1.82, 2.24) is 0 Å². The van der Waals surface area contributed by atoms with Gasteiger partial charge in [-0.1, -0.05) is 0 Å². The van der Waals surface area contributed by atoms with Gasteiger partial charge >= 0.3 is 96.9 Å². The van der Waals surface area contributed by atoms with Crippen molar-refractivity contribution in [3.05, 3.63) is 0 Å². The van der Waals surface area contributed by atoms with E-state index in [1.54, 1.807) is 0 Å². The molecule has 0 aromatic carbocycles. The van der Waals surface area contributed by atoms with Crippen LogP contribution in [0.2, 0.25) is 0 Å². The second-order valence-electron chi connectivity index (χ2n) is 2.69. The maximum Gasteiger partial charge on any atom is 1.00 e. The molecule has 0 aromatic heterocycles. The number of hydrogen-bond donors (Lipinski definition) is 0. The Bertz CT molecular complexity index is 306. The Labute approximate surface area is 174 Å². The van der Waals surface area contributed by atoms with Crippen molar-refractivity contribution in [3.8, 4) is 0 Å². The van der Waals surface area contributed by atoms with Gasteiger partial charge in [-0.25, -0.2) is 0 Å². The van der Waals surface area contributed by atoms with E-state index >= 15 is 0 Å². The van der Waals surface area contributed by atoms with Crippen LogP contribution in [0.3, 0.4) is 0 Å². The molecule has 0 fully saturated rings. The zero-order valence-electron chi connectivity index (χ0n) is 10.5. The van der Waals surface area contributed by atoms with Gasteiger partial charge in [-0.3, -0.25) is 0 Å². The number of carbonyl (C=O) groups excluding carboxylic acids is 3. The Kier molecular flexibility index (Phi) is 19.7. The Morgan fingerprint density at radius 3 is 1.42 bits per heavy atom. The topological polar surface area (TPSA) is 170 Å². The van der Waals surface area contributed by atoms with Crippen LogP contribution in [-0.4, -0.2) is 23.5 Å². The van der Waals surface area contributed by atoms with Gasteiger partial charge in [-0.15, -0.1) is 4.52 Å². The summed E-state index contributed by atoms with van der Waals surface area (Å²) in [7, 11) is -3.79. The van der Waals surface area contributed by atoms with Crippen molar-refractivity contribution in [2.45, 2.75) is 18.4 Å². The van der Waals surface area contributed by atoms with Gasteiger partial charge in [0.1, 0.15) is 0 Å². The standard InChI is InChI=1S/C6H7O9P.3Na/c7-3(8)1-6(5(11)12,2-4(9)10)15-16(13)14;;;/h1-2H2,(H,7,8)(H,9,10)(H,11,12);;;/q;3*+1/p-3. The fourth-order valence-electron chi connectivity index (χ4n) is 0.918. The fraction of sp³-hybridized carbons (Fsp3) is 0.500. The van der Waals surface area contributed by atoms with Crippen LogP contribution in [0, 0.1) is 0 Å². The first kappa shape index (κ1) is 28.6. The maximum atomic E-state index is 10.5. The molecule has 0 radical (unpaired) electrons. The summed E-state index contributed by atoms with van der Waals surface area (Å²) in [5, 5.41) is 30.9. The molecule has 19 heavy (non-hydrogen) atoms. The Balaban J connectivity index is -0.000000375. The molecule has 0 heterocycles. The van der Waals surface area contributed by atoms with Crippen LogP contribution in [0.5, 0.6) is 0 Å². The monoisotopic (exact) mass is 320 g/mol. The molecule has 0 spiro atoms. The third-order valence-electron chi connectivity index (χ3n) is 1.48. The van der Waals surface area contributed by atoms with Gasteiger partial charge in [-0.05, 0) is 4.57 Å². The molecule has 0 aromatic rings. The average molecular weight is 320 g/mol. The quantitative estimate of drug-likeness (QED) is 0.326. The molecule has 13 heteroatoms. The number of carbonyl (C=O) groups is 3. The fourth-order valence-corrected chi connectivity index (χ4v) is 1.41. The zero-order chi connectivity index (χ0) is 12.9. The molecule has 0 N–H and O–H groups in total. The zero-order valence-corrected chi connectivity index (χ0v) is 17.4. The smallest absolute Gasteiger partial charge is 0.566 e. The number of hydrogen-bond acceptors (Lipinski definition) is 9. The SMILES string of the molecule is O=C([O-])CC(CC(=O)[O-])(O[P+](=O)[O-])C(=O)[O-].[Na+].[Na+].[Na+]. The van der Waals surface area contributed by atoms with E-state index < -0.39 is 44.6 Å². The number of carboxylic acid groups (broad SMARTS) is 3. The number of aliphatic carboxylic acids is 3. The predicted octanol–water partition coefficient (Wildman–Crippen LogP) is -14.2. The first-order valence-corrected chi connectivity index (χ1v) is 4.74. The molecule has 0 aliphatic rings. The molecule has 0 aliphatic carbocycles. The van der Waals surface area contributed by atoms with Crippen LogP contribution in [0.4, 0.5) is 0 Å². The van der Waals surface area contributed by atoms with Gasteiger partial charge < -0.3 is 34.6 Å². The van der Waals surface area contributed by atoms with Gasteiger partial charge in [0.05, 0.1) is 5.97 Å². The molecule has 0 saturated heterocycles. The number of rotatable bonds is 7. The molecule has 0 bridgehead atoms. The largest absolute Gasteiger partial charge is 1.00 e. The van der Waals surface area contributed by atoms with Crippen molar-refractivity contribution >= 4 is 26.2 Å². The van der Waals surface area contributed by atoms with Crippen LogP contribution < -0.4 is 109 Å². The summed E-state index contributed by atoms with van der Waals surface area (Å²) in [6.45, 7) is 0. The summed E-state index contributed by atoms with van der Waals surface area (Å²) in [6, 6.07) is 0. The summed E-state index contributed by atoms with van der Waals surface area (Å²) in [5.41, 5.74) is -3.05. The van der Waals surface area contributed by atoms with Gasteiger partial charge in [0.15, 0.2) is 5.60 Å². The van der Waals surface area contributed by atoms with Gasteiger partial charge in [-0.2, -0.15) is 0 Å². The predicted molar refractivity (Wildman–Crippen MR) is 35.7 cm³/mol. The minimum Gasteiger partial charge on any atom is -0.566 e. The average Bonchev–Trinajstić information content (AvgIpc) is 1.98. The Morgan fingerprint density at radius 1 is 0.947 bits per heavy atom. The van der Waals surface area contributed by atoms with E-state index in [-0.39, 0.29) is 88.7 Å². The van der Waals surface area contributed by atoms with Crippen LogP contribution in [0.25, 0.3) is 0 Å². The first-order chi connectivity index (χ1) is 7.19. The van der Waals surface area contributed by atoms with E-state index in [9.17, 15) is 39.2 Å². The summed E-state index contributed by atoms with van der Waals surface area (Å²) in [5.74, 6) is -6.33. The molecule has 0 aliphatic heterocycles. The summed E-state index contributed by atoms with van der Waals surface area (Å²) >= 11 is 0. The normalized spacial score (nSPS) is 10.1. The van der Waals surface area contributed by atoms with Crippen molar-refractivity contribution in [3.63, 3.8) is 0 Å². The Morgan fingerprint density at radius 2 is 1.26 bits per heavy atom. The van der Waals surface area contributed by atoms with Crippen molar-refractivity contribution in [1.29, 1.82) is 0 Å². The molecule has 1 atom stereocenters. The molecule has 1 unspecified atom stereocenters. The van der Waals surface area contributed by atoms with Crippen LogP contribution >= 0.6 is 8.25 Å². The van der Waals surface area contributed by atoms with Gasteiger partial charge in [0, 0.05) is 24.8 Å². The Hall–Kier alpha value is 1.43. The van der Waals surface area contributed by atoms with Crippen molar-refractivity contribution < 1.29 is 132 Å². The molecular weight excluding hydrogens is 316 g/mol. The van der Waals surface area contributed by atoms with Gasteiger partial charge in [0.2, 0.25) is 0 Å². The van der Waals surface area contributed by atoms with E-state index in [2.05, 4.69) is 4.52 Å². The van der Waals surface area contributed by atoms with E-state index in [0.717, 1.165) is 0 Å². The second-order valence-corrected chi connectivity index (χ2v) is 3.32. The first-order valence-electron chi connectivity index (χ1n) is 3.64. The van der Waals surface area contributed by atoms with Crippen molar-refractivity contribution in [2.24, 2.45) is 0 Å². The minimum atomic E-state index is -3.79. The molecular formula is C6H4Na3O9P.